The predicted molar refractivity (Wildman–Crippen MR) is 140 cm³/mol. The van der Waals surface area contributed by atoms with Crippen LogP contribution in [-0.4, -0.2) is 35.2 Å². The highest BCUT2D eigenvalue weighted by Crippen LogP contribution is 2.19. The molecule has 0 fully saturated rings. The Bertz CT molecular complexity index is 1150. The van der Waals surface area contributed by atoms with Crippen LogP contribution in [0.1, 0.15) is 45.6 Å². The number of rotatable bonds is 9. The van der Waals surface area contributed by atoms with Crippen molar-refractivity contribution in [1.29, 1.82) is 0 Å². The zero-order chi connectivity index (χ0) is 26.5. The first-order valence-corrected chi connectivity index (χ1v) is 11.3. The lowest BCUT2D eigenvalue weighted by atomic mass is 9.99. The van der Waals surface area contributed by atoms with Crippen LogP contribution in [0.15, 0.2) is 72.8 Å². The molecule has 7 N–H and O–H groups in total. The van der Waals surface area contributed by atoms with Crippen LogP contribution in [-0.2, 0) is 17.8 Å². The summed E-state index contributed by atoms with van der Waals surface area (Å²) < 4.78 is 0. The van der Waals surface area contributed by atoms with Gasteiger partial charge in [0, 0.05) is 17.8 Å². The summed E-state index contributed by atoms with van der Waals surface area (Å²) in [4.78, 5) is 24.9. The topological polar surface area (TPSA) is 137 Å². The minimum Gasteiger partial charge on any atom is -0.399 e. The van der Waals surface area contributed by atoms with E-state index in [0.29, 0.717) is 29.8 Å². The molecule has 2 atom stereocenters. The van der Waals surface area contributed by atoms with Gasteiger partial charge < -0.3 is 21.5 Å². The number of carbonyl (C=O) groups excluding carboxylic acids is 2. The highest BCUT2D eigenvalue weighted by atomic mass is 16.5. The summed E-state index contributed by atoms with van der Waals surface area (Å²) in [7, 11) is 1.82. The van der Waals surface area contributed by atoms with E-state index in [1.807, 2.05) is 55.6 Å². The van der Waals surface area contributed by atoms with Gasteiger partial charge in [-0.05, 0) is 66.9 Å². The van der Waals surface area contributed by atoms with E-state index in [1.54, 1.807) is 31.2 Å². The Balaban J connectivity index is 0.00000145. The van der Waals surface area contributed by atoms with E-state index < -0.39 is 24.0 Å². The molecule has 0 aliphatic heterocycles. The minimum absolute atomic E-state index is 0.323. The molecule has 0 aliphatic rings. The first-order valence-electron chi connectivity index (χ1n) is 11.3. The number of hydrogen-bond acceptors (Lipinski definition) is 6. The molecule has 0 radical (unpaired) electrons. The summed E-state index contributed by atoms with van der Waals surface area (Å²) in [5.74, 6) is 0.781. The number of hydrogen-bond donors (Lipinski definition) is 6. The summed E-state index contributed by atoms with van der Waals surface area (Å²) in [6.07, 6.45) is 3.93. The number of hydroxylamine groups is 1. The lowest BCUT2D eigenvalue weighted by molar-refractivity contribution is -0.134. The van der Waals surface area contributed by atoms with Gasteiger partial charge in [0.15, 0.2) is 0 Å². The maximum atomic E-state index is 12.8. The van der Waals surface area contributed by atoms with E-state index >= 15 is 0 Å². The number of anilines is 1. The average Bonchev–Trinajstić information content (AvgIpc) is 2.89. The standard InChI is InChI=1S/C25H28N4O4.C3H4/c1-27-15-18-4-8-19(9-5-18)23(30)22(25(32)29-33)28-24(31)20-10-2-16(3-11-20)14-17-6-12-21(26)13-7-17;1-3-2/h2-13,22-23,27,30,33H,14-15,26H2,1H3,(H,28,31)(H,29,32);1H,2H3. The number of nitrogens with two attached hydrogens (primary N) is 1. The molecular weight excluding hydrogens is 456 g/mol. The third-order valence-electron chi connectivity index (χ3n) is 5.30. The normalized spacial score (nSPS) is 11.8. The van der Waals surface area contributed by atoms with Crippen LogP contribution in [0, 0.1) is 12.3 Å². The van der Waals surface area contributed by atoms with Crippen LogP contribution in [0.5, 0.6) is 0 Å². The number of benzene rings is 3. The average molecular weight is 489 g/mol. The second kappa shape index (κ2) is 14.3. The minimum atomic E-state index is -1.38. The number of terminal acetylenes is 1. The molecule has 0 saturated heterocycles. The maximum absolute atomic E-state index is 12.8. The lowest BCUT2D eigenvalue weighted by Crippen LogP contribution is -2.49. The van der Waals surface area contributed by atoms with Crippen molar-refractivity contribution >= 4 is 17.5 Å². The van der Waals surface area contributed by atoms with Gasteiger partial charge in [0.2, 0.25) is 0 Å². The first-order chi connectivity index (χ1) is 17.3. The fraction of sp³-hybridized carbons (Fsp3) is 0.214. The van der Waals surface area contributed by atoms with Crippen molar-refractivity contribution in [2.75, 3.05) is 12.8 Å². The van der Waals surface area contributed by atoms with Gasteiger partial charge in [0.1, 0.15) is 12.1 Å². The van der Waals surface area contributed by atoms with Crippen molar-refractivity contribution in [1.82, 2.24) is 16.1 Å². The van der Waals surface area contributed by atoms with Crippen molar-refractivity contribution < 1.29 is 19.9 Å². The van der Waals surface area contributed by atoms with Gasteiger partial charge in [0.05, 0.1) is 0 Å². The van der Waals surface area contributed by atoms with E-state index in [-0.39, 0.29) is 0 Å². The molecule has 3 aromatic rings. The molecule has 3 rings (SSSR count). The van der Waals surface area contributed by atoms with Crippen molar-refractivity contribution in [2.24, 2.45) is 0 Å². The molecule has 2 unspecified atom stereocenters. The molecule has 2 amide bonds. The fourth-order valence-corrected chi connectivity index (χ4v) is 3.46. The Kier molecular flexibility index (Phi) is 11.1. The third-order valence-corrected chi connectivity index (χ3v) is 5.30. The summed E-state index contributed by atoms with van der Waals surface area (Å²) in [5.41, 5.74) is 11.8. The summed E-state index contributed by atoms with van der Waals surface area (Å²) in [6, 6.07) is 20.1. The highest BCUT2D eigenvalue weighted by molar-refractivity contribution is 5.97. The molecule has 0 spiro atoms. The summed E-state index contributed by atoms with van der Waals surface area (Å²) >= 11 is 0. The molecule has 188 valence electrons. The zero-order valence-corrected chi connectivity index (χ0v) is 20.4. The Morgan fingerprint density at radius 3 is 1.94 bits per heavy atom. The van der Waals surface area contributed by atoms with Crippen molar-refractivity contribution in [3.8, 4) is 12.3 Å². The van der Waals surface area contributed by atoms with E-state index in [0.717, 1.165) is 16.7 Å². The Morgan fingerprint density at radius 2 is 1.44 bits per heavy atom. The molecular formula is C28H32N4O4. The molecule has 36 heavy (non-hydrogen) atoms. The van der Waals surface area contributed by atoms with Crippen LogP contribution in [0.4, 0.5) is 5.69 Å². The molecule has 3 aromatic carbocycles. The number of nitrogens with one attached hydrogen (secondary N) is 3. The van der Waals surface area contributed by atoms with E-state index in [9.17, 15) is 14.7 Å². The predicted octanol–water partition coefficient (Wildman–Crippen LogP) is 2.56. The molecule has 0 saturated carbocycles. The molecule has 8 nitrogen and oxygen atoms in total. The van der Waals surface area contributed by atoms with Gasteiger partial charge in [-0.3, -0.25) is 14.8 Å². The van der Waals surface area contributed by atoms with Gasteiger partial charge in [0.25, 0.3) is 11.8 Å². The number of nitrogen functional groups attached to an aromatic ring is 1. The largest absolute Gasteiger partial charge is 0.399 e. The second-order valence-electron chi connectivity index (χ2n) is 8.05. The Labute approximate surface area is 211 Å². The quantitative estimate of drug-likeness (QED) is 0.119. The maximum Gasteiger partial charge on any atom is 0.268 e. The number of carbonyl (C=O) groups is 2. The van der Waals surface area contributed by atoms with E-state index in [1.165, 1.54) is 5.48 Å². The SMILES string of the molecule is C#CC.CNCc1ccc(C(O)C(NC(=O)c2ccc(Cc3ccc(N)cc3)cc2)C(=O)NO)cc1. The van der Waals surface area contributed by atoms with Crippen LogP contribution < -0.4 is 21.8 Å². The monoisotopic (exact) mass is 488 g/mol. The van der Waals surface area contributed by atoms with Crippen LogP contribution in [0.2, 0.25) is 0 Å². The Hall–Kier alpha value is -4.16. The van der Waals surface area contributed by atoms with Gasteiger partial charge in [-0.15, -0.1) is 12.3 Å². The van der Waals surface area contributed by atoms with E-state index in [4.69, 9.17) is 10.9 Å². The van der Waals surface area contributed by atoms with Crippen molar-refractivity contribution in [2.45, 2.75) is 32.0 Å². The highest BCUT2D eigenvalue weighted by Gasteiger charge is 2.30. The number of aliphatic hydroxyl groups is 1. The van der Waals surface area contributed by atoms with Crippen molar-refractivity contribution in [3.05, 3.63) is 101 Å². The van der Waals surface area contributed by atoms with Crippen LogP contribution >= 0.6 is 0 Å². The van der Waals surface area contributed by atoms with Crippen LogP contribution in [0.25, 0.3) is 0 Å². The number of amides is 2. The fourth-order valence-electron chi connectivity index (χ4n) is 3.46. The third kappa shape index (κ3) is 8.25. The molecule has 0 heterocycles. The van der Waals surface area contributed by atoms with Gasteiger partial charge >= 0.3 is 0 Å². The molecule has 0 aromatic heterocycles. The number of aliphatic hydroxyl groups excluding tert-OH is 1. The zero-order valence-electron chi connectivity index (χ0n) is 20.4. The first kappa shape index (κ1) is 28.1. The van der Waals surface area contributed by atoms with E-state index in [2.05, 4.69) is 23.0 Å². The molecule has 8 heteroatoms. The van der Waals surface area contributed by atoms with Gasteiger partial charge in [-0.2, -0.15) is 0 Å². The second-order valence-corrected chi connectivity index (χ2v) is 8.05. The summed E-state index contributed by atoms with van der Waals surface area (Å²) in [6.45, 7) is 2.31. The lowest BCUT2D eigenvalue weighted by Gasteiger charge is -2.23. The molecule has 0 aliphatic carbocycles. The smallest absolute Gasteiger partial charge is 0.268 e. The van der Waals surface area contributed by atoms with Gasteiger partial charge in [-0.25, -0.2) is 5.48 Å². The molecule has 0 bridgehead atoms. The summed E-state index contributed by atoms with van der Waals surface area (Å²) in [5, 5.41) is 25.4. The van der Waals surface area contributed by atoms with Crippen LogP contribution in [0.3, 0.4) is 0 Å². The Morgan fingerprint density at radius 1 is 0.944 bits per heavy atom. The van der Waals surface area contributed by atoms with Crippen molar-refractivity contribution in [3.63, 3.8) is 0 Å². The van der Waals surface area contributed by atoms with Gasteiger partial charge in [-0.1, -0.05) is 48.5 Å².